The fourth-order valence-corrected chi connectivity index (χ4v) is 3.25. The first kappa shape index (κ1) is 14.1. The smallest absolute Gasteiger partial charge is 0.261 e. The van der Waals surface area contributed by atoms with E-state index < -0.39 is 16.1 Å². The zero-order valence-electron chi connectivity index (χ0n) is 10.7. The standard InChI is InChI=1S/C11H14ClN3O3S/c1-7-4-5-9(18-7)8(2)14-19(16,17)11-10(12)15(3)6-13-11/h4-6,8,14H,1-3H3/t8-/m1/s1. The molecule has 0 amide bonds. The van der Waals surface area contributed by atoms with Gasteiger partial charge in [-0.25, -0.2) is 13.4 Å². The molecule has 1 N–H and O–H groups in total. The molecule has 2 aromatic heterocycles. The van der Waals surface area contributed by atoms with Crippen LogP contribution in [0.15, 0.2) is 27.9 Å². The predicted molar refractivity (Wildman–Crippen MR) is 70.4 cm³/mol. The third-order valence-electron chi connectivity index (χ3n) is 2.61. The minimum Gasteiger partial charge on any atom is -0.465 e. The average molecular weight is 304 g/mol. The van der Waals surface area contributed by atoms with Crippen LogP contribution >= 0.6 is 11.6 Å². The van der Waals surface area contributed by atoms with Gasteiger partial charge in [-0.1, -0.05) is 11.6 Å². The molecule has 0 aliphatic carbocycles. The van der Waals surface area contributed by atoms with Gasteiger partial charge in [0, 0.05) is 7.05 Å². The summed E-state index contributed by atoms with van der Waals surface area (Å²) in [6.45, 7) is 3.48. The highest BCUT2D eigenvalue weighted by atomic mass is 35.5. The van der Waals surface area contributed by atoms with Crippen molar-refractivity contribution < 1.29 is 12.8 Å². The van der Waals surface area contributed by atoms with Crippen LogP contribution in [0.1, 0.15) is 24.5 Å². The maximum Gasteiger partial charge on any atom is 0.261 e. The largest absolute Gasteiger partial charge is 0.465 e. The molecule has 1 atom stereocenters. The van der Waals surface area contributed by atoms with Crippen molar-refractivity contribution in [2.45, 2.75) is 24.9 Å². The van der Waals surface area contributed by atoms with Crippen LogP contribution in [0.25, 0.3) is 0 Å². The Labute approximate surface area is 116 Å². The Bertz CT molecular complexity index is 690. The fraction of sp³-hybridized carbons (Fsp3) is 0.364. The van der Waals surface area contributed by atoms with E-state index in [1.54, 1.807) is 33.0 Å². The molecule has 0 bridgehead atoms. The highest BCUT2D eigenvalue weighted by molar-refractivity contribution is 7.89. The molecule has 0 radical (unpaired) electrons. The van der Waals surface area contributed by atoms with E-state index in [0.717, 1.165) is 5.76 Å². The van der Waals surface area contributed by atoms with Crippen LogP contribution < -0.4 is 4.72 Å². The van der Waals surface area contributed by atoms with Crippen molar-refractivity contribution in [3.05, 3.63) is 35.1 Å². The van der Waals surface area contributed by atoms with Gasteiger partial charge < -0.3 is 8.98 Å². The van der Waals surface area contributed by atoms with Gasteiger partial charge in [0.05, 0.1) is 12.4 Å². The maximum absolute atomic E-state index is 12.1. The summed E-state index contributed by atoms with van der Waals surface area (Å²) in [6, 6.07) is 2.99. The molecule has 0 fully saturated rings. The van der Waals surface area contributed by atoms with Gasteiger partial charge in [-0.05, 0) is 26.0 Å². The molecule has 0 saturated carbocycles. The third-order valence-corrected chi connectivity index (χ3v) is 4.64. The highest BCUT2D eigenvalue weighted by Gasteiger charge is 2.25. The van der Waals surface area contributed by atoms with Gasteiger partial charge in [0.2, 0.25) is 5.03 Å². The van der Waals surface area contributed by atoms with Crippen molar-refractivity contribution in [2.75, 3.05) is 0 Å². The number of furan rings is 1. The van der Waals surface area contributed by atoms with Crippen molar-refractivity contribution in [3.63, 3.8) is 0 Å². The molecular formula is C11H14ClN3O3S. The predicted octanol–water partition coefficient (Wildman–Crippen LogP) is 2.01. The molecule has 8 heteroatoms. The molecule has 2 rings (SSSR count). The van der Waals surface area contributed by atoms with Gasteiger partial charge in [-0.15, -0.1) is 0 Å². The molecule has 19 heavy (non-hydrogen) atoms. The van der Waals surface area contributed by atoms with Gasteiger partial charge in [-0.3, -0.25) is 0 Å². The van der Waals surface area contributed by atoms with Crippen molar-refractivity contribution in [3.8, 4) is 0 Å². The Morgan fingerprint density at radius 3 is 2.63 bits per heavy atom. The number of aryl methyl sites for hydroxylation is 2. The van der Waals surface area contributed by atoms with Crippen molar-refractivity contribution in [1.29, 1.82) is 0 Å². The summed E-state index contributed by atoms with van der Waals surface area (Å²) in [6.07, 6.45) is 1.35. The lowest BCUT2D eigenvalue weighted by atomic mass is 10.3. The average Bonchev–Trinajstić information content (AvgIpc) is 2.87. The quantitative estimate of drug-likeness (QED) is 0.937. The molecule has 0 spiro atoms. The van der Waals surface area contributed by atoms with E-state index in [0.29, 0.717) is 5.76 Å². The molecular weight excluding hydrogens is 290 g/mol. The second-order valence-corrected chi connectivity index (χ2v) is 6.23. The number of halogens is 1. The van der Waals surface area contributed by atoms with Crippen LogP contribution in [-0.2, 0) is 17.1 Å². The van der Waals surface area contributed by atoms with Crippen LogP contribution in [0.2, 0.25) is 5.15 Å². The first-order valence-corrected chi connectivity index (χ1v) is 7.43. The van der Waals surface area contributed by atoms with E-state index >= 15 is 0 Å². The van der Waals surface area contributed by atoms with Crippen molar-refractivity contribution in [1.82, 2.24) is 14.3 Å². The zero-order chi connectivity index (χ0) is 14.2. The Balaban J connectivity index is 2.25. The zero-order valence-corrected chi connectivity index (χ0v) is 12.3. The summed E-state index contributed by atoms with van der Waals surface area (Å²) in [7, 11) is -2.16. The minimum atomic E-state index is -3.78. The first-order chi connectivity index (χ1) is 8.81. The first-order valence-electron chi connectivity index (χ1n) is 5.57. The summed E-state index contributed by atoms with van der Waals surface area (Å²) in [5.74, 6) is 1.25. The summed E-state index contributed by atoms with van der Waals surface area (Å²) in [5.41, 5.74) is 0. The molecule has 0 aliphatic heterocycles. The molecule has 2 heterocycles. The Hall–Kier alpha value is -1.31. The molecule has 2 aromatic rings. The number of nitrogens with zero attached hydrogens (tertiary/aromatic N) is 2. The van der Waals surface area contributed by atoms with E-state index in [4.69, 9.17) is 16.0 Å². The lowest BCUT2D eigenvalue weighted by molar-refractivity contribution is 0.441. The van der Waals surface area contributed by atoms with Gasteiger partial charge in [0.15, 0.2) is 0 Å². The van der Waals surface area contributed by atoms with Crippen LogP contribution in [0.4, 0.5) is 0 Å². The monoisotopic (exact) mass is 303 g/mol. The lowest BCUT2D eigenvalue weighted by Gasteiger charge is -2.10. The number of nitrogens with one attached hydrogen (secondary N) is 1. The second-order valence-electron chi connectivity index (χ2n) is 4.24. The number of sulfonamides is 1. The Morgan fingerprint density at radius 2 is 2.16 bits per heavy atom. The topological polar surface area (TPSA) is 77.1 Å². The Morgan fingerprint density at radius 1 is 1.47 bits per heavy atom. The third kappa shape index (κ3) is 2.83. The van der Waals surface area contributed by atoms with E-state index in [1.165, 1.54) is 10.9 Å². The van der Waals surface area contributed by atoms with Gasteiger partial charge in [0.25, 0.3) is 10.0 Å². The number of hydrogen-bond acceptors (Lipinski definition) is 4. The van der Waals surface area contributed by atoms with Crippen LogP contribution in [-0.4, -0.2) is 18.0 Å². The lowest BCUT2D eigenvalue weighted by Crippen LogP contribution is -2.27. The number of rotatable bonds is 4. The normalized spacial score (nSPS) is 13.7. The van der Waals surface area contributed by atoms with Crippen LogP contribution in [0, 0.1) is 6.92 Å². The van der Waals surface area contributed by atoms with Gasteiger partial charge in [-0.2, -0.15) is 4.72 Å². The molecule has 0 unspecified atom stereocenters. The molecule has 104 valence electrons. The van der Waals surface area contributed by atoms with Crippen LogP contribution in [0.3, 0.4) is 0 Å². The van der Waals surface area contributed by atoms with E-state index in [9.17, 15) is 8.42 Å². The number of hydrogen-bond donors (Lipinski definition) is 1. The van der Waals surface area contributed by atoms with Crippen LogP contribution in [0.5, 0.6) is 0 Å². The maximum atomic E-state index is 12.1. The fourth-order valence-electron chi connectivity index (χ4n) is 1.61. The molecule has 0 saturated heterocycles. The molecule has 6 nitrogen and oxygen atoms in total. The highest BCUT2D eigenvalue weighted by Crippen LogP contribution is 2.22. The Kier molecular flexibility index (Phi) is 3.71. The van der Waals surface area contributed by atoms with E-state index in [-0.39, 0.29) is 10.2 Å². The number of aromatic nitrogens is 2. The summed E-state index contributed by atoms with van der Waals surface area (Å²) in [5, 5.41) is -0.123. The minimum absolute atomic E-state index is 0.0651. The van der Waals surface area contributed by atoms with E-state index in [2.05, 4.69) is 9.71 Å². The van der Waals surface area contributed by atoms with Crippen molar-refractivity contribution >= 4 is 21.6 Å². The van der Waals surface area contributed by atoms with Crippen molar-refractivity contribution in [2.24, 2.45) is 7.05 Å². The van der Waals surface area contributed by atoms with Gasteiger partial charge in [0.1, 0.15) is 16.7 Å². The van der Waals surface area contributed by atoms with Gasteiger partial charge >= 0.3 is 0 Å². The summed E-state index contributed by atoms with van der Waals surface area (Å²) in [4.78, 5) is 3.79. The second kappa shape index (κ2) is 4.99. The molecule has 0 aromatic carbocycles. The number of imidazole rings is 1. The van der Waals surface area contributed by atoms with E-state index in [1.807, 2.05) is 0 Å². The summed E-state index contributed by atoms with van der Waals surface area (Å²) < 4.78 is 33.6. The SMILES string of the molecule is Cc1ccc([C@@H](C)NS(=O)(=O)c2ncn(C)c2Cl)o1. The summed E-state index contributed by atoms with van der Waals surface area (Å²) >= 11 is 5.88. The molecule has 0 aliphatic rings.